The lowest BCUT2D eigenvalue weighted by Gasteiger charge is -2.14. The molecule has 1 heterocycles. The van der Waals surface area contributed by atoms with Gasteiger partial charge in [-0.15, -0.1) is 0 Å². The van der Waals surface area contributed by atoms with Gasteiger partial charge in [0.15, 0.2) is 0 Å². The van der Waals surface area contributed by atoms with Gasteiger partial charge in [-0.1, -0.05) is 0 Å². The Labute approximate surface area is 136 Å². The van der Waals surface area contributed by atoms with Crippen molar-refractivity contribution in [3.8, 4) is 0 Å². The van der Waals surface area contributed by atoms with Crippen molar-refractivity contribution in [2.24, 2.45) is 0 Å². The molecule has 0 aliphatic heterocycles. The number of rotatable bonds is 7. The topological polar surface area (TPSA) is 111 Å². The molecule has 0 radical (unpaired) electrons. The normalized spacial score (nSPS) is 11.5. The molecule has 0 atom stereocenters. The average Bonchev–Trinajstić information content (AvgIpc) is 2.41. The van der Waals surface area contributed by atoms with Crippen LogP contribution in [0.5, 0.6) is 0 Å². The van der Waals surface area contributed by atoms with Crippen LogP contribution in [0.3, 0.4) is 0 Å². The van der Waals surface area contributed by atoms with Crippen molar-refractivity contribution in [1.29, 1.82) is 0 Å². The van der Waals surface area contributed by atoms with E-state index in [0.717, 1.165) is 17.5 Å². The van der Waals surface area contributed by atoms with Gasteiger partial charge in [-0.25, -0.2) is 17.5 Å². The number of hydrogen-bond donors (Lipinski definition) is 3. The van der Waals surface area contributed by atoms with Crippen LogP contribution in [0.1, 0.15) is 23.2 Å². The van der Waals surface area contributed by atoms with E-state index in [4.69, 9.17) is 0 Å². The Morgan fingerprint density at radius 3 is 2.52 bits per heavy atom. The molecule has 0 aliphatic carbocycles. The SMILES string of the molecule is Cc1cc(C)c(CNC(=O)NCCCN(C)S(C)(=O)=O)c(=O)[nH]1. The smallest absolute Gasteiger partial charge is 0.315 e. The predicted octanol–water partition coefficient (Wildman–Crippen LogP) is 0.0724. The molecule has 130 valence electrons. The van der Waals surface area contributed by atoms with Gasteiger partial charge in [-0.3, -0.25) is 4.79 Å². The second-order valence-electron chi connectivity index (χ2n) is 5.49. The Balaban J connectivity index is 2.37. The van der Waals surface area contributed by atoms with E-state index >= 15 is 0 Å². The van der Waals surface area contributed by atoms with E-state index in [1.165, 1.54) is 11.4 Å². The Hall–Kier alpha value is -1.87. The molecular weight excluding hydrogens is 320 g/mol. The number of aromatic amines is 1. The van der Waals surface area contributed by atoms with Crippen molar-refractivity contribution in [1.82, 2.24) is 19.9 Å². The van der Waals surface area contributed by atoms with Crippen LogP contribution >= 0.6 is 0 Å². The van der Waals surface area contributed by atoms with Crippen LogP contribution in [0, 0.1) is 13.8 Å². The van der Waals surface area contributed by atoms with E-state index in [1.54, 1.807) is 6.92 Å². The van der Waals surface area contributed by atoms with Crippen LogP contribution in [0.25, 0.3) is 0 Å². The standard InChI is InChI=1S/C14H24N4O4S/c1-10-8-11(2)17-13(19)12(10)9-16-14(20)15-6-5-7-18(3)23(4,21)22/h8H,5-7,9H2,1-4H3,(H,17,19)(H2,15,16,20). The Kier molecular flexibility index (Phi) is 6.77. The van der Waals surface area contributed by atoms with E-state index in [1.807, 2.05) is 13.0 Å². The van der Waals surface area contributed by atoms with Gasteiger partial charge in [-0.05, 0) is 31.9 Å². The summed E-state index contributed by atoms with van der Waals surface area (Å²) >= 11 is 0. The summed E-state index contributed by atoms with van der Waals surface area (Å²) in [6.45, 7) is 4.42. The molecule has 1 aromatic rings. The Morgan fingerprint density at radius 1 is 1.30 bits per heavy atom. The van der Waals surface area contributed by atoms with Gasteiger partial charge >= 0.3 is 6.03 Å². The van der Waals surface area contributed by atoms with Crippen LogP contribution in [-0.4, -0.2) is 50.1 Å². The van der Waals surface area contributed by atoms with Gasteiger partial charge < -0.3 is 15.6 Å². The van der Waals surface area contributed by atoms with E-state index in [-0.39, 0.29) is 12.1 Å². The van der Waals surface area contributed by atoms with Crippen LogP contribution in [0.15, 0.2) is 10.9 Å². The van der Waals surface area contributed by atoms with Gasteiger partial charge in [-0.2, -0.15) is 0 Å². The number of H-pyrrole nitrogens is 1. The zero-order valence-corrected chi connectivity index (χ0v) is 14.7. The lowest BCUT2D eigenvalue weighted by atomic mass is 10.1. The van der Waals surface area contributed by atoms with Crippen molar-refractivity contribution in [2.45, 2.75) is 26.8 Å². The number of aromatic nitrogens is 1. The third-order valence-electron chi connectivity index (χ3n) is 3.42. The summed E-state index contributed by atoms with van der Waals surface area (Å²) in [6.07, 6.45) is 1.63. The van der Waals surface area contributed by atoms with Gasteiger partial charge in [0.1, 0.15) is 0 Å². The maximum Gasteiger partial charge on any atom is 0.315 e. The monoisotopic (exact) mass is 344 g/mol. The molecule has 0 aliphatic rings. The minimum atomic E-state index is -3.20. The minimum absolute atomic E-state index is 0.135. The zero-order valence-electron chi connectivity index (χ0n) is 13.9. The van der Waals surface area contributed by atoms with E-state index in [2.05, 4.69) is 15.6 Å². The number of nitrogens with zero attached hydrogens (tertiary/aromatic N) is 1. The summed E-state index contributed by atoms with van der Waals surface area (Å²) in [4.78, 5) is 26.2. The molecular formula is C14H24N4O4S. The van der Waals surface area contributed by atoms with Crippen molar-refractivity contribution in [2.75, 3.05) is 26.4 Å². The van der Waals surface area contributed by atoms with Gasteiger partial charge in [0.2, 0.25) is 10.0 Å². The third kappa shape index (κ3) is 6.41. The molecule has 0 saturated heterocycles. The molecule has 3 N–H and O–H groups in total. The molecule has 23 heavy (non-hydrogen) atoms. The fourth-order valence-electron chi connectivity index (χ4n) is 2.00. The minimum Gasteiger partial charge on any atom is -0.338 e. The molecule has 2 amide bonds. The van der Waals surface area contributed by atoms with Gasteiger partial charge in [0.05, 0.1) is 12.8 Å². The van der Waals surface area contributed by atoms with Crippen LogP contribution in [-0.2, 0) is 16.6 Å². The van der Waals surface area contributed by atoms with Crippen LogP contribution < -0.4 is 16.2 Å². The summed E-state index contributed by atoms with van der Waals surface area (Å²) in [7, 11) is -1.71. The fraction of sp³-hybridized carbons (Fsp3) is 0.571. The maximum atomic E-state index is 11.8. The summed E-state index contributed by atoms with van der Waals surface area (Å²) in [5.41, 5.74) is 1.90. The molecule has 0 fully saturated rings. The first-order chi connectivity index (χ1) is 10.6. The number of carbonyl (C=O) groups excluding carboxylic acids is 1. The number of urea groups is 1. The van der Waals surface area contributed by atoms with Gasteiger partial charge in [0, 0.05) is 31.4 Å². The van der Waals surface area contributed by atoms with Gasteiger partial charge in [0.25, 0.3) is 5.56 Å². The second kappa shape index (κ2) is 8.11. The quantitative estimate of drug-likeness (QED) is 0.608. The molecule has 0 spiro atoms. The number of sulfonamides is 1. The molecule has 8 nitrogen and oxygen atoms in total. The molecule has 9 heteroatoms. The van der Waals surface area contributed by atoms with Crippen molar-refractivity contribution < 1.29 is 13.2 Å². The second-order valence-corrected chi connectivity index (χ2v) is 7.58. The molecule has 0 aromatic carbocycles. The molecule has 1 aromatic heterocycles. The molecule has 1 rings (SSSR count). The van der Waals surface area contributed by atoms with E-state index < -0.39 is 16.1 Å². The summed E-state index contributed by atoms with van der Waals surface area (Å²) in [5.74, 6) is 0. The first-order valence-electron chi connectivity index (χ1n) is 7.23. The zero-order chi connectivity index (χ0) is 17.6. The highest BCUT2D eigenvalue weighted by molar-refractivity contribution is 7.88. The average molecular weight is 344 g/mol. The molecule has 0 saturated carbocycles. The van der Waals surface area contributed by atoms with Crippen molar-refractivity contribution in [3.05, 3.63) is 33.2 Å². The number of amides is 2. The fourth-order valence-corrected chi connectivity index (χ4v) is 2.46. The number of aryl methyl sites for hydroxylation is 2. The third-order valence-corrected chi connectivity index (χ3v) is 4.74. The van der Waals surface area contributed by atoms with Crippen LogP contribution in [0.2, 0.25) is 0 Å². The lowest BCUT2D eigenvalue weighted by Crippen LogP contribution is -2.38. The number of hydrogen-bond acceptors (Lipinski definition) is 4. The maximum absolute atomic E-state index is 11.8. The Bertz CT molecular complexity index is 712. The largest absolute Gasteiger partial charge is 0.338 e. The highest BCUT2D eigenvalue weighted by Gasteiger charge is 2.10. The van der Waals surface area contributed by atoms with E-state index in [9.17, 15) is 18.0 Å². The van der Waals surface area contributed by atoms with Crippen LogP contribution in [0.4, 0.5) is 4.79 Å². The first kappa shape index (κ1) is 19.2. The highest BCUT2D eigenvalue weighted by Crippen LogP contribution is 2.02. The number of carbonyl (C=O) groups is 1. The summed E-state index contributed by atoms with van der Waals surface area (Å²) < 4.78 is 23.6. The Morgan fingerprint density at radius 2 is 1.96 bits per heavy atom. The first-order valence-corrected chi connectivity index (χ1v) is 9.08. The number of pyridine rings is 1. The van der Waals surface area contributed by atoms with Crippen molar-refractivity contribution in [3.63, 3.8) is 0 Å². The number of nitrogens with one attached hydrogen (secondary N) is 3. The summed E-state index contributed by atoms with van der Waals surface area (Å²) in [6, 6.07) is 1.45. The lowest BCUT2D eigenvalue weighted by molar-refractivity contribution is 0.240. The summed E-state index contributed by atoms with van der Waals surface area (Å²) in [5, 5.41) is 5.24. The molecule has 0 bridgehead atoms. The predicted molar refractivity (Wildman–Crippen MR) is 88.9 cm³/mol. The van der Waals surface area contributed by atoms with Crippen molar-refractivity contribution >= 4 is 16.1 Å². The molecule has 0 unspecified atom stereocenters. The van der Waals surface area contributed by atoms with E-state index in [0.29, 0.717) is 25.1 Å². The highest BCUT2D eigenvalue weighted by atomic mass is 32.2.